The molecule has 0 aliphatic rings. The van der Waals surface area contributed by atoms with Crippen LogP contribution < -0.4 is 4.74 Å². The van der Waals surface area contributed by atoms with Crippen LogP contribution in [0.1, 0.15) is 18.4 Å². The van der Waals surface area contributed by atoms with Gasteiger partial charge in [0, 0.05) is 5.88 Å². The first-order valence-corrected chi connectivity index (χ1v) is 5.31. The Kier molecular flexibility index (Phi) is 5.16. The van der Waals surface area contributed by atoms with Gasteiger partial charge in [-0.3, -0.25) is 0 Å². The third kappa shape index (κ3) is 3.84. The second-order valence-electron chi connectivity index (χ2n) is 3.02. The van der Waals surface area contributed by atoms with Crippen molar-refractivity contribution in [3.8, 4) is 5.75 Å². The highest BCUT2D eigenvalue weighted by atomic mass is 35.5. The minimum atomic E-state index is 0.704. The molecule has 0 radical (unpaired) electrons. The normalized spacial score (nSPS) is 9.79. The Balaban J connectivity index is 2.38. The first-order valence-electron chi connectivity index (χ1n) is 4.78. The molecular formula is C12H15ClO. The zero-order valence-electron chi connectivity index (χ0n) is 8.21. The SMILES string of the molecule is C=Cc1cccc(OCCCCCl)c1. The lowest BCUT2D eigenvalue weighted by Crippen LogP contribution is -1.97. The van der Waals surface area contributed by atoms with Crippen molar-refractivity contribution in [1.29, 1.82) is 0 Å². The molecule has 0 saturated carbocycles. The number of rotatable bonds is 6. The van der Waals surface area contributed by atoms with Crippen LogP contribution in [0.2, 0.25) is 0 Å². The smallest absolute Gasteiger partial charge is 0.119 e. The molecule has 1 rings (SSSR count). The van der Waals surface area contributed by atoms with Crippen LogP contribution in [0.3, 0.4) is 0 Å². The van der Waals surface area contributed by atoms with E-state index < -0.39 is 0 Å². The molecular weight excluding hydrogens is 196 g/mol. The number of ether oxygens (including phenoxy) is 1. The summed E-state index contributed by atoms with van der Waals surface area (Å²) in [6, 6.07) is 7.90. The lowest BCUT2D eigenvalue weighted by atomic mass is 10.2. The van der Waals surface area contributed by atoms with Gasteiger partial charge in [0.2, 0.25) is 0 Å². The van der Waals surface area contributed by atoms with E-state index in [2.05, 4.69) is 6.58 Å². The summed E-state index contributed by atoms with van der Waals surface area (Å²) in [6.07, 6.45) is 3.82. The molecule has 0 saturated heterocycles. The average molecular weight is 211 g/mol. The molecule has 0 unspecified atom stereocenters. The molecule has 0 aliphatic carbocycles. The van der Waals surface area contributed by atoms with E-state index in [-0.39, 0.29) is 0 Å². The lowest BCUT2D eigenvalue weighted by Gasteiger charge is -2.05. The maximum absolute atomic E-state index is 5.56. The number of alkyl halides is 1. The Hall–Kier alpha value is -0.950. The van der Waals surface area contributed by atoms with Gasteiger partial charge in [-0.25, -0.2) is 0 Å². The average Bonchev–Trinajstić information content (AvgIpc) is 2.25. The molecule has 0 bridgehead atoms. The molecule has 0 aliphatic heterocycles. The third-order valence-electron chi connectivity index (χ3n) is 1.89. The standard InChI is InChI=1S/C12H15ClO/c1-2-11-6-5-7-12(10-11)14-9-4-3-8-13/h2,5-7,10H,1,3-4,8-9H2. The van der Waals surface area contributed by atoms with Gasteiger partial charge < -0.3 is 4.74 Å². The van der Waals surface area contributed by atoms with Crippen molar-refractivity contribution in [2.24, 2.45) is 0 Å². The van der Waals surface area contributed by atoms with E-state index in [0.717, 1.165) is 30.8 Å². The van der Waals surface area contributed by atoms with Crippen molar-refractivity contribution >= 4 is 17.7 Å². The van der Waals surface area contributed by atoms with E-state index in [4.69, 9.17) is 16.3 Å². The topological polar surface area (TPSA) is 9.23 Å². The number of benzene rings is 1. The Bertz CT molecular complexity index is 283. The van der Waals surface area contributed by atoms with Gasteiger partial charge in [-0.05, 0) is 30.5 Å². The van der Waals surface area contributed by atoms with Crippen molar-refractivity contribution < 1.29 is 4.74 Å². The second kappa shape index (κ2) is 6.50. The van der Waals surface area contributed by atoms with Gasteiger partial charge in [0.25, 0.3) is 0 Å². The van der Waals surface area contributed by atoms with E-state index in [0.29, 0.717) is 5.88 Å². The number of halogens is 1. The van der Waals surface area contributed by atoms with Crippen LogP contribution in [0.25, 0.3) is 6.08 Å². The van der Waals surface area contributed by atoms with Gasteiger partial charge in [0.05, 0.1) is 6.61 Å². The van der Waals surface area contributed by atoms with E-state index in [1.807, 2.05) is 30.3 Å². The summed E-state index contributed by atoms with van der Waals surface area (Å²) >= 11 is 5.56. The zero-order chi connectivity index (χ0) is 10.2. The van der Waals surface area contributed by atoms with Gasteiger partial charge in [-0.2, -0.15) is 0 Å². The minimum Gasteiger partial charge on any atom is -0.494 e. The van der Waals surface area contributed by atoms with Gasteiger partial charge in [-0.1, -0.05) is 24.8 Å². The quantitative estimate of drug-likeness (QED) is 0.514. The van der Waals surface area contributed by atoms with Gasteiger partial charge in [0.1, 0.15) is 5.75 Å². The summed E-state index contributed by atoms with van der Waals surface area (Å²) in [6.45, 7) is 4.44. The van der Waals surface area contributed by atoms with Crippen LogP contribution in [0.4, 0.5) is 0 Å². The highest BCUT2D eigenvalue weighted by Crippen LogP contribution is 2.14. The maximum Gasteiger partial charge on any atom is 0.119 e. The van der Waals surface area contributed by atoms with Crippen LogP contribution in [-0.4, -0.2) is 12.5 Å². The summed E-state index contributed by atoms with van der Waals surface area (Å²) in [4.78, 5) is 0. The van der Waals surface area contributed by atoms with Gasteiger partial charge in [-0.15, -0.1) is 11.6 Å². The summed E-state index contributed by atoms with van der Waals surface area (Å²) in [7, 11) is 0. The summed E-state index contributed by atoms with van der Waals surface area (Å²) < 4.78 is 5.54. The molecule has 1 nitrogen and oxygen atoms in total. The van der Waals surface area contributed by atoms with Crippen molar-refractivity contribution in [1.82, 2.24) is 0 Å². The van der Waals surface area contributed by atoms with E-state index >= 15 is 0 Å². The highest BCUT2D eigenvalue weighted by Gasteiger charge is 1.93. The predicted octanol–water partition coefficient (Wildman–Crippen LogP) is 3.73. The molecule has 76 valence electrons. The lowest BCUT2D eigenvalue weighted by molar-refractivity contribution is 0.309. The summed E-state index contributed by atoms with van der Waals surface area (Å²) in [5.74, 6) is 1.60. The molecule has 0 spiro atoms. The fraction of sp³-hybridized carbons (Fsp3) is 0.333. The van der Waals surface area contributed by atoms with Crippen LogP contribution in [-0.2, 0) is 0 Å². The number of hydrogen-bond acceptors (Lipinski definition) is 1. The Morgan fingerprint density at radius 3 is 2.93 bits per heavy atom. The van der Waals surface area contributed by atoms with E-state index in [1.165, 1.54) is 0 Å². The monoisotopic (exact) mass is 210 g/mol. The molecule has 1 aromatic carbocycles. The fourth-order valence-corrected chi connectivity index (χ4v) is 1.31. The molecule has 14 heavy (non-hydrogen) atoms. The predicted molar refractivity (Wildman–Crippen MR) is 62.0 cm³/mol. The van der Waals surface area contributed by atoms with Crippen LogP contribution >= 0.6 is 11.6 Å². The first-order chi connectivity index (χ1) is 6.86. The van der Waals surface area contributed by atoms with Crippen molar-refractivity contribution in [3.05, 3.63) is 36.4 Å². The molecule has 0 fully saturated rings. The number of hydrogen-bond donors (Lipinski definition) is 0. The van der Waals surface area contributed by atoms with Gasteiger partial charge >= 0.3 is 0 Å². The summed E-state index contributed by atoms with van der Waals surface area (Å²) in [5, 5.41) is 0. The van der Waals surface area contributed by atoms with E-state index in [9.17, 15) is 0 Å². The molecule has 0 amide bonds. The summed E-state index contributed by atoms with van der Waals surface area (Å²) in [5.41, 5.74) is 1.08. The fourth-order valence-electron chi connectivity index (χ4n) is 1.12. The molecule has 0 atom stereocenters. The zero-order valence-corrected chi connectivity index (χ0v) is 8.96. The molecule has 0 aromatic heterocycles. The molecule has 0 N–H and O–H groups in total. The Labute approximate surface area is 90.3 Å². The van der Waals surface area contributed by atoms with Crippen LogP contribution in [0.15, 0.2) is 30.8 Å². The highest BCUT2D eigenvalue weighted by molar-refractivity contribution is 6.17. The molecule has 2 heteroatoms. The minimum absolute atomic E-state index is 0.704. The maximum atomic E-state index is 5.56. The Morgan fingerprint density at radius 1 is 1.36 bits per heavy atom. The van der Waals surface area contributed by atoms with Crippen molar-refractivity contribution in [2.45, 2.75) is 12.8 Å². The number of unbranched alkanes of at least 4 members (excludes halogenated alkanes) is 1. The third-order valence-corrected chi connectivity index (χ3v) is 2.16. The molecule has 1 aromatic rings. The van der Waals surface area contributed by atoms with E-state index in [1.54, 1.807) is 0 Å². The first kappa shape index (κ1) is 11.1. The second-order valence-corrected chi connectivity index (χ2v) is 3.40. The van der Waals surface area contributed by atoms with Crippen LogP contribution in [0.5, 0.6) is 5.75 Å². The van der Waals surface area contributed by atoms with Crippen LogP contribution in [0, 0.1) is 0 Å². The van der Waals surface area contributed by atoms with Crippen molar-refractivity contribution in [3.63, 3.8) is 0 Å². The van der Waals surface area contributed by atoms with Gasteiger partial charge in [0.15, 0.2) is 0 Å². The van der Waals surface area contributed by atoms with Crippen molar-refractivity contribution in [2.75, 3.05) is 12.5 Å². The molecule has 0 heterocycles. The largest absolute Gasteiger partial charge is 0.494 e. The Morgan fingerprint density at radius 2 is 2.21 bits per heavy atom.